The molecule has 2 N–H and O–H groups in total. The van der Waals surface area contributed by atoms with E-state index in [1.165, 1.54) is 49.9 Å². The predicted molar refractivity (Wildman–Crippen MR) is 145 cm³/mol. The zero-order valence-corrected chi connectivity index (χ0v) is 20.5. The highest BCUT2D eigenvalue weighted by molar-refractivity contribution is 7.97. The Balaban J connectivity index is 1.26. The first-order chi connectivity index (χ1) is 17.3. The number of likely N-dealkylation sites (tertiary alicyclic amines) is 1. The van der Waals surface area contributed by atoms with Crippen LogP contribution in [0.15, 0.2) is 84.1 Å². The Bertz CT molecular complexity index is 1470. The van der Waals surface area contributed by atoms with Gasteiger partial charge in [-0.25, -0.2) is 9.50 Å². The lowest BCUT2D eigenvalue weighted by atomic mass is 10.00. The van der Waals surface area contributed by atoms with Crippen LogP contribution in [0.3, 0.4) is 0 Å². The topological polar surface area (TPSA) is 59.4 Å². The molecule has 0 unspecified atom stereocenters. The van der Waals surface area contributed by atoms with Crippen molar-refractivity contribution < 1.29 is 0 Å². The predicted octanol–water partition coefficient (Wildman–Crippen LogP) is 6.21. The SMILES string of the molecule is NSc1ccc(-c2cnn3cc(-c4ccc(CCN5CCCCC5)cc4)cnc23)c2ccccc12. The summed E-state index contributed by atoms with van der Waals surface area (Å²) in [6.07, 6.45) is 11.1. The minimum atomic E-state index is 0.852. The smallest absolute Gasteiger partial charge is 0.162 e. The van der Waals surface area contributed by atoms with E-state index in [-0.39, 0.29) is 0 Å². The summed E-state index contributed by atoms with van der Waals surface area (Å²) < 4.78 is 1.88. The van der Waals surface area contributed by atoms with Gasteiger partial charge in [0.1, 0.15) is 0 Å². The van der Waals surface area contributed by atoms with Crippen LogP contribution < -0.4 is 5.14 Å². The molecule has 0 atom stereocenters. The van der Waals surface area contributed by atoms with E-state index in [1.54, 1.807) is 0 Å². The summed E-state index contributed by atoms with van der Waals surface area (Å²) in [5, 5.41) is 12.8. The van der Waals surface area contributed by atoms with Gasteiger partial charge in [-0.15, -0.1) is 0 Å². The highest BCUT2D eigenvalue weighted by Crippen LogP contribution is 2.35. The van der Waals surface area contributed by atoms with Gasteiger partial charge < -0.3 is 4.90 Å². The third-order valence-corrected chi connectivity index (χ3v) is 7.72. The molecule has 0 spiro atoms. The maximum atomic E-state index is 5.89. The van der Waals surface area contributed by atoms with E-state index in [9.17, 15) is 0 Å². The van der Waals surface area contributed by atoms with E-state index in [4.69, 9.17) is 10.1 Å². The summed E-state index contributed by atoms with van der Waals surface area (Å²) in [7, 11) is 0. The molecule has 5 nitrogen and oxygen atoms in total. The molecule has 5 aromatic rings. The van der Waals surface area contributed by atoms with Crippen molar-refractivity contribution in [2.45, 2.75) is 30.6 Å². The molecule has 0 saturated carbocycles. The Hall–Kier alpha value is -3.19. The summed E-state index contributed by atoms with van der Waals surface area (Å²) in [4.78, 5) is 8.49. The Kier molecular flexibility index (Phi) is 6.25. The van der Waals surface area contributed by atoms with Crippen LogP contribution in [-0.4, -0.2) is 39.1 Å². The van der Waals surface area contributed by atoms with Crippen LogP contribution in [0.2, 0.25) is 0 Å². The lowest BCUT2D eigenvalue weighted by Crippen LogP contribution is -2.31. The molecule has 0 amide bonds. The van der Waals surface area contributed by atoms with Gasteiger partial charge in [0.05, 0.1) is 6.20 Å². The zero-order chi connectivity index (χ0) is 23.6. The molecule has 1 fully saturated rings. The van der Waals surface area contributed by atoms with E-state index in [0.29, 0.717) is 0 Å². The fourth-order valence-electron chi connectivity index (χ4n) is 5.16. The number of rotatable bonds is 6. The van der Waals surface area contributed by atoms with Crippen LogP contribution >= 0.6 is 11.9 Å². The summed E-state index contributed by atoms with van der Waals surface area (Å²) in [5.41, 5.74) is 6.61. The molecule has 0 radical (unpaired) electrons. The number of hydrogen-bond donors (Lipinski definition) is 1. The van der Waals surface area contributed by atoms with Crippen LogP contribution in [-0.2, 0) is 6.42 Å². The average Bonchev–Trinajstić information content (AvgIpc) is 3.35. The van der Waals surface area contributed by atoms with Crippen LogP contribution in [0.1, 0.15) is 24.8 Å². The van der Waals surface area contributed by atoms with E-state index < -0.39 is 0 Å². The third kappa shape index (κ3) is 4.45. The Morgan fingerprint density at radius 1 is 0.800 bits per heavy atom. The van der Waals surface area contributed by atoms with Gasteiger partial charge in [-0.2, -0.15) is 5.10 Å². The van der Waals surface area contributed by atoms with Crippen molar-refractivity contribution in [3.05, 3.63) is 84.8 Å². The Morgan fingerprint density at radius 2 is 1.60 bits per heavy atom. The van der Waals surface area contributed by atoms with Crippen molar-refractivity contribution in [2.24, 2.45) is 5.14 Å². The van der Waals surface area contributed by atoms with Gasteiger partial charge in [0.25, 0.3) is 0 Å². The molecule has 0 bridgehead atoms. The highest BCUT2D eigenvalue weighted by atomic mass is 32.2. The first-order valence-corrected chi connectivity index (χ1v) is 13.2. The normalized spacial score (nSPS) is 14.7. The number of hydrogen-bond acceptors (Lipinski definition) is 5. The maximum Gasteiger partial charge on any atom is 0.162 e. The second-order valence-corrected chi connectivity index (χ2v) is 9.97. The van der Waals surface area contributed by atoms with Crippen molar-refractivity contribution >= 4 is 28.4 Å². The third-order valence-electron chi connectivity index (χ3n) is 7.11. The molecule has 1 aliphatic heterocycles. The van der Waals surface area contributed by atoms with E-state index in [2.05, 4.69) is 70.8 Å². The van der Waals surface area contributed by atoms with Gasteiger partial charge in [-0.05, 0) is 77.8 Å². The zero-order valence-electron chi connectivity index (χ0n) is 19.7. The molecule has 3 aromatic carbocycles. The number of benzene rings is 3. The standard InChI is InChI=1S/C29H29N5S/c30-35-28-13-12-25(24-6-2-3-7-26(24)28)27-19-32-34-20-23(18-31-29(27)34)22-10-8-21(9-11-22)14-17-33-15-4-1-5-16-33/h2-3,6-13,18-20H,1,4-5,14-17,30H2. The van der Waals surface area contributed by atoms with Gasteiger partial charge in [0, 0.05) is 35.0 Å². The summed E-state index contributed by atoms with van der Waals surface area (Å²) in [6.45, 7) is 3.66. The maximum absolute atomic E-state index is 5.89. The van der Waals surface area contributed by atoms with Crippen LogP contribution in [0.4, 0.5) is 0 Å². The fraction of sp³-hybridized carbons (Fsp3) is 0.241. The second-order valence-electron chi connectivity index (χ2n) is 9.29. The minimum Gasteiger partial charge on any atom is -0.303 e. The largest absolute Gasteiger partial charge is 0.303 e. The number of fused-ring (bicyclic) bond motifs is 2. The number of piperidine rings is 1. The number of nitrogens with two attached hydrogens (primary N) is 1. The minimum absolute atomic E-state index is 0.852. The lowest BCUT2D eigenvalue weighted by molar-refractivity contribution is 0.231. The molecule has 3 heterocycles. The highest BCUT2D eigenvalue weighted by Gasteiger charge is 2.14. The summed E-state index contributed by atoms with van der Waals surface area (Å²) in [5.74, 6) is 0. The van der Waals surface area contributed by atoms with Crippen LogP contribution in [0.25, 0.3) is 38.7 Å². The molecular formula is C29H29N5S. The molecule has 176 valence electrons. The first kappa shape index (κ1) is 22.3. The van der Waals surface area contributed by atoms with Crippen molar-refractivity contribution in [1.82, 2.24) is 19.5 Å². The van der Waals surface area contributed by atoms with Gasteiger partial charge in [-0.3, -0.25) is 5.14 Å². The van der Waals surface area contributed by atoms with Crippen molar-refractivity contribution in [3.8, 4) is 22.3 Å². The van der Waals surface area contributed by atoms with Gasteiger partial charge >= 0.3 is 0 Å². The fourth-order valence-corrected chi connectivity index (χ4v) is 5.61. The van der Waals surface area contributed by atoms with Gasteiger partial charge in [-0.1, -0.05) is 61.0 Å². The molecule has 2 aromatic heterocycles. The Morgan fingerprint density at radius 3 is 2.40 bits per heavy atom. The first-order valence-electron chi connectivity index (χ1n) is 12.3. The van der Waals surface area contributed by atoms with Crippen molar-refractivity contribution in [2.75, 3.05) is 19.6 Å². The quantitative estimate of drug-likeness (QED) is 0.293. The van der Waals surface area contributed by atoms with E-state index in [0.717, 1.165) is 56.5 Å². The van der Waals surface area contributed by atoms with Crippen molar-refractivity contribution in [3.63, 3.8) is 0 Å². The molecule has 0 aliphatic carbocycles. The average molecular weight is 480 g/mol. The molecular weight excluding hydrogens is 450 g/mol. The molecule has 6 heteroatoms. The lowest BCUT2D eigenvalue weighted by Gasteiger charge is -2.26. The van der Waals surface area contributed by atoms with Gasteiger partial charge in [0.2, 0.25) is 0 Å². The molecule has 35 heavy (non-hydrogen) atoms. The van der Waals surface area contributed by atoms with Gasteiger partial charge in [0.15, 0.2) is 5.65 Å². The van der Waals surface area contributed by atoms with E-state index >= 15 is 0 Å². The number of aromatic nitrogens is 3. The Labute approximate surface area is 210 Å². The molecule has 1 aliphatic rings. The monoisotopic (exact) mass is 479 g/mol. The van der Waals surface area contributed by atoms with Crippen molar-refractivity contribution in [1.29, 1.82) is 0 Å². The summed E-state index contributed by atoms with van der Waals surface area (Å²) >= 11 is 1.28. The molecule has 1 saturated heterocycles. The molecule has 6 rings (SSSR count). The van der Waals surface area contributed by atoms with Crippen LogP contribution in [0.5, 0.6) is 0 Å². The van der Waals surface area contributed by atoms with Crippen LogP contribution in [0, 0.1) is 0 Å². The summed E-state index contributed by atoms with van der Waals surface area (Å²) in [6, 6.07) is 21.5. The second kappa shape index (κ2) is 9.82. The van der Waals surface area contributed by atoms with E-state index in [1.807, 2.05) is 23.0 Å². The number of nitrogens with zero attached hydrogens (tertiary/aromatic N) is 4.